The quantitative estimate of drug-likeness (QED) is 0.679. The number of rotatable bonds is 5. The molecule has 0 spiro atoms. The van der Waals surface area contributed by atoms with Crippen molar-refractivity contribution in [3.8, 4) is 0 Å². The molecule has 1 aromatic carbocycles. The van der Waals surface area contributed by atoms with Crippen LogP contribution in [0.4, 0.5) is 10.2 Å². The first kappa shape index (κ1) is 15.4. The Balaban J connectivity index is 2.32. The van der Waals surface area contributed by atoms with Crippen LogP contribution in [0.2, 0.25) is 0 Å². The number of hydrogen-bond donors (Lipinski definition) is 1. The van der Waals surface area contributed by atoms with Crippen LogP contribution in [0.25, 0.3) is 0 Å². The Morgan fingerprint density at radius 1 is 1.43 bits per heavy atom. The van der Waals surface area contributed by atoms with Gasteiger partial charge >= 0.3 is 5.97 Å². The molecule has 7 heteroatoms. The molecule has 1 aromatic heterocycles. The molecule has 21 heavy (non-hydrogen) atoms. The summed E-state index contributed by atoms with van der Waals surface area (Å²) in [6.07, 6.45) is 1.81. The summed E-state index contributed by atoms with van der Waals surface area (Å²) in [5.74, 6) is -0.531. The largest absolute Gasteiger partial charge is 0.462 e. The minimum atomic E-state index is -0.482. The number of hydrogen-bond acceptors (Lipinski definition) is 5. The average molecular weight is 309 g/mol. The second-order valence-electron chi connectivity index (χ2n) is 4.27. The number of carbonyl (C=O) groups is 1. The minimum absolute atomic E-state index is 0.252. The van der Waals surface area contributed by atoms with E-state index in [4.69, 9.17) is 10.5 Å². The Morgan fingerprint density at radius 2 is 2.10 bits per heavy atom. The fraction of sp³-hybridized carbons (Fsp3) is 0.286. The maximum absolute atomic E-state index is 12.9. The van der Waals surface area contributed by atoms with Gasteiger partial charge in [-0.3, -0.25) is 0 Å². The number of nitrogen functional groups attached to an aromatic ring is 1. The highest BCUT2D eigenvalue weighted by molar-refractivity contribution is 7.98. The van der Waals surface area contributed by atoms with Crippen LogP contribution in [0.3, 0.4) is 0 Å². The smallest absolute Gasteiger partial charge is 0.344 e. The molecule has 0 atom stereocenters. The van der Waals surface area contributed by atoms with Crippen molar-refractivity contribution in [3.05, 3.63) is 41.2 Å². The number of aromatic nitrogens is 2. The zero-order chi connectivity index (χ0) is 15.4. The first-order chi connectivity index (χ1) is 10.1. The fourth-order valence-electron chi connectivity index (χ4n) is 1.87. The number of nitrogens with zero attached hydrogens (tertiary/aromatic N) is 2. The zero-order valence-corrected chi connectivity index (χ0v) is 12.6. The van der Waals surface area contributed by atoms with E-state index >= 15 is 0 Å². The maximum atomic E-state index is 12.9. The molecule has 0 saturated carbocycles. The van der Waals surface area contributed by atoms with Crippen LogP contribution < -0.4 is 5.73 Å². The third-order valence-electron chi connectivity index (χ3n) is 2.88. The summed E-state index contributed by atoms with van der Waals surface area (Å²) in [6.45, 7) is 2.37. The van der Waals surface area contributed by atoms with Crippen molar-refractivity contribution in [1.29, 1.82) is 0 Å². The van der Waals surface area contributed by atoms with Gasteiger partial charge < -0.3 is 10.5 Å². The van der Waals surface area contributed by atoms with Crippen LogP contribution in [0, 0.1) is 5.82 Å². The molecule has 2 aromatic rings. The summed E-state index contributed by atoms with van der Waals surface area (Å²) in [7, 11) is 0. The van der Waals surface area contributed by atoms with E-state index in [0.717, 1.165) is 5.56 Å². The molecule has 0 bridgehead atoms. The van der Waals surface area contributed by atoms with Gasteiger partial charge in [0.05, 0.1) is 13.2 Å². The number of nitrogens with two attached hydrogens (primary N) is 1. The first-order valence-corrected chi connectivity index (χ1v) is 7.61. The molecule has 2 rings (SSSR count). The lowest BCUT2D eigenvalue weighted by Gasteiger charge is -2.05. The van der Waals surface area contributed by atoms with Crippen LogP contribution in [0.5, 0.6) is 0 Å². The van der Waals surface area contributed by atoms with Crippen LogP contribution in [0.1, 0.15) is 22.8 Å². The number of benzene rings is 1. The molecule has 0 unspecified atom stereocenters. The summed E-state index contributed by atoms with van der Waals surface area (Å²) >= 11 is 1.32. The SMILES string of the molecule is CCOC(=O)c1c(SC)nn(Cc2ccc(F)cc2)c1N. The molecule has 2 N–H and O–H groups in total. The number of halogens is 1. The lowest BCUT2D eigenvalue weighted by atomic mass is 10.2. The monoisotopic (exact) mass is 309 g/mol. The molecule has 0 radical (unpaired) electrons. The molecule has 112 valence electrons. The highest BCUT2D eigenvalue weighted by atomic mass is 32.2. The summed E-state index contributed by atoms with van der Waals surface area (Å²) < 4.78 is 19.4. The van der Waals surface area contributed by atoms with Crippen molar-refractivity contribution >= 4 is 23.5 Å². The number of thioether (sulfide) groups is 1. The van der Waals surface area contributed by atoms with E-state index in [9.17, 15) is 9.18 Å². The molecule has 0 amide bonds. The van der Waals surface area contributed by atoms with E-state index in [-0.39, 0.29) is 23.8 Å². The van der Waals surface area contributed by atoms with E-state index in [1.165, 1.54) is 28.6 Å². The van der Waals surface area contributed by atoms with Gasteiger partial charge in [0.25, 0.3) is 0 Å². The van der Waals surface area contributed by atoms with E-state index < -0.39 is 5.97 Å². The highest BCUT2D eigenvalue weighted by Crippen LogP contribution is 2.26. The van der Waals surface area contributed by atoms with Gasteiger partial charge in [0.15, 0.2) is 0 Å². The first-order valence-electron chi connectivity index (χ1n) is 6.38. The molecule has 0 saturated heterocycles. The topological polar surface area (TPSA) is 70.1 Å². The summed E-state index contributed by atoms with van der Waals surface area (Å²) in [6, 6.07) is 6.05. The summed E-state index contributed by atoms with van der Waals surface area (Å²) in [4.78, 5) is 11.9. The molecule has 0 aliphatic heterocycles. The van der Waals surface area contributed by atoms with E-state index in [2.05, 4.69) is 5.10 Å². The van der Waals surface area contributed by atoms with Gasteiger partial charge in [-0.2, -0.15) is 5.10 Å². The maximum Gasteiger partial charge on any atom is 0.344 e. The Hall–Kier alpha value is -2.02. The third-order valence-corrected chi connectivity index (χ3v) is 3.55. The van der Waals surface area contributed by atoms with Gasteiger partial charge in [0, 0.05) is 0 Å². The lowest BCUT2D eigenvalue weighted by molar-refractivity contribution is 0.0523. The van der Waals surface area contributed by atoms with Crippen molar-refractivity contribution in [3.63, 3.8) is 0 Å². The van der Waals surface area contributed by atoms with Gasteiger partial charge in [0.2, 0.25) is 0 Å². The Morgan fingerprint density at radius 3 is 2.67 bits per heavy atom. The second kappa shape index (κ2) is 6.62. The van der Waals surface area contributed by atoms with Gasteiger partial charge in [-0.05, 0) is 30.9 Å². The number of anilines is 1. The van der Waals surface area contributed by atoms with Gasteiger partial charge in [-0.25, -0.2) is 13.9 Å². The standard InChI is InChI=1S/C14H16FN3O2S/c1-3-20-14(19)11-12(16)18(17-13(11)21-2)8-9-4-6-10(15)7-5-9/h4-7H,3,8,16H2,1-2H3. The summed E-state index contributed by atoms with van der Waals surface area (Å²) in [5, 5.41) is 4.83. The predicted octanol–water partition coefficient (Wildman–Crippen LogP) is 2.55. The van der Waals surface area contributed by atoms with E-state index in [1.807, 2.05) is 6.26 Å². The van der Waals surface area contributed by atoms with Crippen LogP contribution >= 0.6 is 11.8 Å². The van der Waals surface area contributed by atoms with Crippen LogP contribution in [0.15, 0.2) is 29.3 Å². The van der Waals surface area contributed by atoms with E-state index in [0.29, 0.717) is 11.6 Å². The second-order valence-corrected chi connectivity index (χ2v) is 5.07. The van der Waals surface area contributed by atoms with Crippen molar-refractivity contribution in [2.45, 2.75) is 18.5 Å². The van der Waals surface area contributed by atoms with Crippen molar-refractivity contribution < 1.29 is 13.9 Å². The molecular weight excluding hydrogens is 293 g/mol. The molecule has 5 nitrogen and oxygen atoms in total. The number of carbonyl (C=O) groups excluding carboxylic acids is 1. The molecule has 0 aliphatic carbocycles. The Kier molecular flexibility index (Phi) is 4.85. The van der Waals surface area contributed by atoms with Crippen molar-refractivity contribution in [2.75, 3.05) is 18.6 Å². The fourth-order valence-corrected chi connectivity index (χ4v) is 2.45. The van der Waals surface area contributed by atoms with Crippen LogP contribution in [-0.2, 0) is 11.3 Å². The van der Waals surface area contributed by atoms with Gasteiger partial charge in [0.1, 0.15) is 22.2 Å². The number of esters is 1. The Bertz CT molecular complexity index is 640. The zero-order valence-electron chi connectivity index (χ0n) is 11.8. The molecular formula is C14H16FN3O2S. The average Bonchev–Trinajstić information content (AvgIpc) is 2.78. The number of ether oxygens (including phenoxy) is 1. The highest BCUT2D eigenvalue weighted by Gasteiger charge is 2.22. The van der Waals surface area contributed by atoms with Gasteiger partial charge in [-0.1, -0.05) is 12.1 Å². The predicted molar refractivity (Wildman–Crippen MR) is 79.9 cm³/mol. The third kappa shape index (κ3) is 3.36. The molecule has 1 heterocycles. The normalized spacial score (nSPS) is 10.6. The molecule has 0 fully saturated rings. The molecule has 0 aliphatic rings. The Labute approximate surface area is 126 Å². The van der Waals surface area contributed by atoms with Crippen LogP contribution in [-0.4, -0.2) is 28.6 Å². The summed E-state index contributed by atoms with van der Waals surface area (Å²) in [5.41, 5.74) is 7.13. The lowest BCUT2D eigenvalue weighted by Crippen LogP contribution is -2.10. The van der Waals surface area contributed by atoms with E-state index in [1.54, 1.807) is 19.1 Å². The van der Waals surface area contributed by atoms with Crippen molar-refractivity contribution in [1.82, 2.24) is 9.78 Å². The minimum Gasteiger partial charge on any atom is -0.462 e. The van der Waals surface area contributed by atoms with Crippen molar-refractivity contribution in [2.24, 2.45) is 0 Å². The van der Waals surface area contributed by atoms with Gasteiger partial charge in [-0.15, -0.1) is 11.8 Å².